The van der Waals surface area contributed by atoms with Crippen molar-refractivity contribution in [2.75, 3.05) is 0 Å². The van der Waals surface area contributed by atoms with E-state index in [-0.39, 0.29) is 21.5 Å². The smallest absolute Gasteiger partial charge is 0.416 e. The molecule has 0 aliphatic carbocycles. The number of rotatable bonds is 3. The average molecular weight is 365 g/mol. The normalized spacial score (nSPS) is 11.5. The summed E-state index contributed by atoms with van der Waals surface area (Å²) in [5, 5.41) is 8.95. The maximum absolute atomic E-state index is 12.9. The van der Waals surface area contributed by atoms with E-state index >= 15 is 0 Å². The third kappa shape index (κ3) is 3.74. The first-order valence-corrected chi connectivity index (χ1v) is 6.54. The fourth-order valence-corrected chi connectivity index (χ4v) is 2.14. The maximum Gasteiger partial charge on any atom is 0.416 e. The van der Waals surface area contributed by atoms with E-state index in [9.17, 15) is 17.6 Å². The Bertz CT molecular complexity index is 656. The van der Waals surface area contributed by atoms with E-state index in [1.54, 1.807) is 0 Å². The van der Waals surface area contributed by atoms with Crippen LogP contribution in [0.3, 0.4) is 0 Å². The highest BCUT2D eigenvalue weighted by Crippen LogP contribution is 2.37. The van der Waals surface area contributed by atoms with E-state index in [1.807, 2.05) is 0 Å². The van der Waals surface area contributed by atoms with Gasteiger partial charge in [-0.3, -0.25) is 0 Å². The second-order valence-electron chi connectivity index (χ2n) is 4.15. The van der Waals surface area contributed by atoms with Gasteiger partial charge in [-0.25, -0.2) is 4.39 Å². The van der Waals surface area contributed by atoms with Crippen molar-refractivity contribution in [3.63, 3.8) is 0 Å². The molecule has 7 heteroatoms. The highest BCUT2D eigenvalue weighted by molar-refractivity contribution is 9.10. The maximum atomic E-state index is 12.9. The van der Waals surface area contributed by atoms with Gasteiger partial charge < -0.3 is 9.84 Å². The van der Waals surface area contributed by atoms with Crippen LogP contribution >= 0.6 is 15.9 Å². The molecule has 0 unspecified atom stereocenters. The summed E-state index contributed by atoms with van der Waals surface area (Å²) in [6.07, 6.45) is -4.60. The minimum atomic E-state index is -4.60. The number of aliphatic hydroxyl groups excluding tert-OH is 1. The van der Waals surface area contributed by atoms with Crippen LogP contribution in [-0.4, -0.2) is 5.11 Å². The van der Waals surface area contributed by atoms with Crippen LogP contribution in [0.2, 0.25) is 0 Å². The molecule has 2 aromatic carbocycles. The first-order chi connectivity index (χ1) is 9.81. The molecular formula is C14H9BrF4O2. The zero-order valence-electron chi connectivity index (χ0n) is 10.4. The number of aliphatic hydroxyl groups is 1. The van der Waals surface area contributed by atoms with Gasteiger partial charge in [-0.1, -0.05) is 6.07 Å². The molecule has 0 heterocycles. The summed E-state index contributed by atoms with van der Waals surface area (Å²) >= 11 is 3.06. The molecule has 0 saturated heterocycles. The highest BCUT2D eigenvalue weighted by atomic mass is 79.9. The molecule has 1 N–H and O–H groups in total. The van der Waals surface area contributed by atoms with E-state index < -0.39 is 24.2 Å². The van der Waals surface area contributed by atoms with Crippen molar-refractivity contribution in [3.8, 4) is 11.5 Å². The van der Waals surface area contributed by atoms with Crippen LogP contribution in [0.1, 0.15) is 11.1 Å². The Labute approximate surface area is 126 Å². The number of hydrogen-bond acceptors (Lipinski definition) is 2. The lowest BCUT2D eigenvalue weighted by molar-refractivity contribution is -0.138. The molecule has 2 nitrogen and oxygen atoms in total. The van der Waals surface area contributed by atoms with Gasteiger partial charge in [0.1, 0.15) is 17.3 Å². The Kier molecular flexibility index (Phi) is 4.53. The molecule has 0 aliphatic heterocycles. The van der Waals surface area contributed by atoms with E-state index in [0.717, 1.165) is 24.3 Å². The van der Waals surface area contributed by atoms with Crippen molar-refractivity contribution >= 4 is 15.9 Å². The van der Waals surface area contributed by atoms with Gasteiger partial charge in [-0.15, -0.1) is 0 Å². The van der Waals surface area contributed by atoms with Crippen LogP contribution < -0.4 is 4.74 Å². The molecule has 0 bridgehead atoms. The SMILES string of the molecule is OCc1ccc(Oc2ccc(F)cc2Br)cc1C(F)(F)F. The molecule has 0 aliphatic rings. The topological polar surface area (TPSA) is 29.5 Å². The van der Waals surface area contributed by atoms with Gasteiger partial charge in [-0.2, -0.15) is 13.2 Å². The molecule has 0 aromatic heterocycles. The lowest BCUT2D eigenvalue weighted by Crippen LogP contribution is -2.09. The van der Waals surface area contributed by atoms with E-state index in [2.05, 4.69) is 15.9 Å². The number of benzene rings is 2. The third-order valence-corrected chi connectivity index (χ3v) is 3.30. The minimum Gasteiger partial charge on any atom is -0.456 e. The van der Waals surface area contributed by atoms with Gasteiger partial charge in [-0.05, 0) is 51.8 Å². The fourth-order valence-electron chi connectivity index (χ4n) is 1.71. The van der Waals surface area contributed by atoms with E-state index in [4.69, 9.17) is 9.84 Å². The van der Waals surface area contributed by atoms with Crippen molar-refractivity contribution < 1.29 is 27.4 Å². The van der Waals surface area contributed by atoms with Gasteiger partial charge in [0.15, 0.2) is 0 Å². The van der Waals surface area contributed by atoms with E-state index in [1.165, 1.54) is 12.1 Å². The Hall–Kier alpha value is -1.60. The Morgan fingerprint density at radius 1 is 1.10 bits per heavy atom. The summed E-state index contributed by atoms with van der Waals surface area (Å²) in [6, 6.07) is 6.80. The first kappa shape index (κ1) is 15.8. The molecule has 0 radical (unpaired) electrons. The van der Waals surface area contributed by atoms with E-state index in [0.29, 0.717) is 0 Å². The van der Waals surface area contributed by atoms with Crippen molar-refractivity contribution in [1.29, 1.82) is 0 Å². The van der Waals surface area contributed by atoms with Crippen LogP contribution in [-0.2, 0) is 12.8 Å². The second kappa shape index (κ2) is 6.03. The zero-order valence-corrected chi connectivity index (χ0v) is 12.0. The highest BCUT2D eigenvalue weighted by Gasteiger charge is 2.33. The average Bonchev–Trinajstić information content (AvgIpc) is 2.41. The Morgan fingerprint density at radius 3 is 2.38 bits per heavy atom. The number of hydrogen-bond donors (Lipinski definition) is 1. The zero-order chi connectivity index (χ0) is 15.6. The Morgan fingerprint density at radius 2 is 1.81 bits per heavy atom. The second-order valence-corrected chi connectivity index (χ2v) is 5.01. The lowest BCUT2D eigenvalue weighted by Gasteiger charge is -2.14. The van der Waals surface area contributed by atoms with Crippen LogP contribution in [0.15, 0.2) is 40.9 Å². The summed E-state index contributed by atoms with van der Waals surface area (Å²) in [6.45, 7) is -0.727. The summed E-state index contributed by atoms with van der Waals surface area (Å²) in [4.78, 5) is 0. The summed E-state index contributed by atoms with van der Waals surface area (Å²) < 4.78 is 57.1. The van der Waals surface area contributed by atoms with Crippen molar-refractivity contribution in [3.05, 3.63) is 57.8 Å². The van der Waals surface area contributed by atoms with Gasteiger partial charge >= 0.3 is 6.18 Å². The van der Waals surface area contributed by atoms with Gasteiger partial charge in [0.2, 0.25) is 0 Å². The summed E-state index contributed by atoms with van der Waals surface area (Å²) in [7, 11) is 0. The molecule has 0 fully saturated rings. The number of halogens is 5. The van der Waals surface area contributed by atoms with Gasteiger partial charge in [0, 0.05) is 0 Å². The number of ether oxygens (including phenoxy) is 1. The lowest BCUT2D eigenvalue weighted by atomic mass is 10.1. The van der Waals surface area contributed by atoms with Crippen molar-refractivity contribution in [2.24, 2.45) is 0 Å². The predicted molar refractivity (Wildman–Crippen MR) is 71.5 cm³/mol. The summed E-state index contributed by atoms with van der Waals surface area (Å²) in [5.74, 6) is -0.381. The molecule has 2 rings (SSSR count). The molecule has 21 heavy (non-hydrogen) atoms. The molecule has 0 amide bonds. The quantitative estimate of drug-likeness (QED) is 0.785. The van der Waals surface area contributed by atoms with Crippen LogP contribution in [0.25, 0.3) is 0 Å². The monoisotopic (exact) mass is 364 g/mol. The molecule has 0 atom stereocenters. The van der Waals surface area contributed by atoms with Crippen LogP contribution in [0.5, 0.6) is 11.5 Å². The van der Waals surface area contributed by atoms with Crippen molar-refractivity contribution in [2.45, 2.75) is 12.8 Å². The van der Waals surface area contributed by atoms with Crippen molar-refractivity contribution in [1.82, 2.24) is 0 Å². The molecule has 112 valence electrons. The van der Waals surface area contributed by atoms with Gasteiger partial charge in [0.05, 0.1) is 16.6 Å². The summed E-state index contributed by atoms with van der Waals surface area (Å²) in [5.41, 5.74) is -1.21. The minimum absolute atomic E-state index is 0.0631. The Balaban J connectivity index is 2.37. The molecule has 0 saturated carbocycles. The largest absolute Gasteiger partial charge is 0.456 e. The fraction of sp³-hybridized carbons (Fsp3) is 0.143. The number of alkyl halides is 3. The first-order valence-electron chi connectivity index (χ1n) is 5.75. The van der Waals surface area contributed by atoms with Crippen LogP contribution in [0.4, 0.5) is 17.6 Å². The third-order valence-electron chi connectivity index (χ3n) is 2.68. The van der Waals surface area contributed by atoms with Crippen LogP contribution in [0, 0.1) is 5.82 Å². The molecule has 2 aromatic rings. The predicted octanol–water partition coefficient (Wildman–Crippen LogP) is 4.89. The van der Waals surface area contributed by atoms with Gasteiger partial charge in [0.25, 0.3) is 0 Å². The molecule has 0 spiro atoms. The molecular weight excluding hydrogens is 356 g/mol. The standard InChI is InChI=1S/C14H9BrF4O2/c15-12-5-9(16)2-4-13(12)21-10-3-1-8(7-20)11(6-10)14(17,18)19/h1-6,20H,7H2.